The molecule has 0 bridgehead atoms. The maximum absolute atomic E-state index is 11.5. The summed E-state index contributed by atoms with van der Waals surface area (Å²) in [6, 6.07) is 8.43. The van der Waals surface area contributed by atoms with Crippen LogP contribution in [0.25, 0.3) is 0 Å². The number of nitrogens with one attached hydrogen (secondary N) is 2. The minimum Gasteiger partial charge on any atom is -0.446 e. The van der Waals surface area contributed by atoms with Crippen molar-refractivity contribution in [1.29, 1.82) is 0 Å². The Morgan fingerprint density at radius 1 is 1.30 bits per heavy atom. The van der Waals surface area contributed by atoms with E-state index in [0.29, 0.717) is 17.3 Å². The highest BCUT2D eigenvalue weighted by molar-refractivity contribution is 9.10. The Morgan fingerprint density at radius 2 is 2.05 bits per heavy atom. The molecule has 20 heavy (non-hydrogen) atoms. The molecule has 0 aliphatic heterocycles. The number of sulfonamides is 1. The third-order valence-corrected chi connectivity index (χ3v) is 4.66. The molecule has 0 aliphatic rings. The number of anilines is 1. The van der Waals surface area contributed by atoms with Gasteiger partial charge in [0.15, 0.2) is 0 Å². The predicted molar refractivity (Wildman–Crippen MR) is 81.4 cm³/mol. The Morgan fingerprint density at radius 3 is 2.75 bits per heavy atom. The van der Waals surface area contributed by atoms with E-state index in [1.807, 2.05) is 12.1 Å². The van der Waals surface area contributed by atoms with Crippen LogP contribution in [0.2, 0.25) is 5.02 Å². The van der Waals surface area contributed by atoms with Gasteiger partial charge < -0.3 is 9.73 Å². The summed E-state index contributed by atoms with van der Waals surface area (Å²) in [4.78, 5) is 0. The van der Waals surface area contributed by atoms with E-state index < -0.39 is 10.0 Å². The predicted octanol–water partition coefficient (Wildman–Crippen LogP) is 3.22. The summed E-state index contributed by atoms with van der Waals surface area (Å²) in [5, 5.41) is 3.54. The zero-order valence-corrected chi connectivity index (χ0v) is 13.6. The van der Waals surface area contributed by atoms with Gasteiger partial charge in [0, 0.05) is 4.47 Å². The van der Waals surface area contributed by atoms with E-state index in [1.54, 1.807) is 12.1 Å². The quantitative estimate of drug-likeness (QED) is 0.837. The van der Waals surface area contributed by atoms with Gasteiger partial charge in [-0.3, -0.25) is 0 Å². The Bertz CT molecular complexity index is 715. The third-order valence-electron chi connectivity index (χ3n) is 2.55. The molecular weight excluding hydrogens is 368 g/mol. The normalized spacial score (nSPS) is 11.6. The van der Waals surface area contributed by atoms with Crippen molar-refractivity contribution in [2.75, 3.05) is 12.4 Å². The molecular formula is C12H12BrClN2O3S. The van der Waals surface area contributed by atoms with E-state index >= 15 is 0 Å². The van der Waals surface area contributed by atoms with Gasteiger partial charge in [-0.25, -0.2) is 13.1 Å². The molecule has 0 fully saturated rings. The van der Waals surface area contributed by atoms with Crippen molar-refractivity contribution in [1.82, 2.24) is 4.72 Å². The van der Waals surface area contributed by atoms with E-state index in [1.165, 1.54) is 13.1 Å². The van der Waals surface area contributed by atoms with Crippen molar-refractivity contribution in [2.24, 2.45) is 0 Å². The van der Waals surface area contributed by atoms with Crippen molar-refractivity contribution in [3.63, 3.8) is 0 Å². The standard InChI is InChI=1S/C12H12BrClN2O3S/c1-15-20(17,18)12-5-3-9(19-12)7-16-11-6-8(13)2-4-10(11)14/h2-6,15-16H,7H2,1H3. The molecule has 2 N–H and O–H groups in total. The molecule has 0 radical (unpaired) electrons. The number of furan rings is 1. The lowest BCUT2D eigenvalue weighted by Crippen LogP contribution is -2.17. The molecule has 5 nitrogen and oxygen atoms in total. The van der Waals surface area contributed by atoms with Crippen LogP contribution in [-0.4, -0.2) is 15.5 Å². The van der Waals surface area contributed by atoms with E-state index in [-0.39, 0.29) is 5.09 Å². The first-order valence-electron chi connectivity index (χ1n) is 5.63. The number of hydrogen-bond donors (Lipinski definition) is 2. The second-order valence-corrected chi connectivity index (χ2v) is 7.05. The molecule has 2 aromatic rings. The maximum atomic E-state index is 11.5. The van der Waals surface area contributed by atoms with Crippen LogP contribution in [0.15, 0.2) is 44.3 Å². The van der Waals surface area contributed by atoms with Gasteiger partial charge in [-0.05, 0) is 37.4 Å². The third kappa shape index (κ3) is 3.54. The molecule has 0 amide bonds. The summed E-state index contributed by atoms with van der Waals surface area (Å²) >= 11 is 9.40. The van der Waals surface area contributed by atoms with Crippen LogP contribution in [0.5, 0.6) is 0 Å². The number of benzene rings is 1. The fourth-order valence-electron chi connectivity index (χ4n) is 1.51. The molecule has 1 aromatic heterocycles. The SMILES string of the molecule is CNS(=O)(=O)c1ccc(CNc2cc(Br)ccc2Cl)o1. The van der Waals surface area contributed by atoms with Crippen molar-refractivity contribution in [3.8, 4) is 0 Å². The molecule has 0 atom stereocenters. The fourth-order valence-corrected chi connectivity index (χ4v) is 2.72. The fraction of sp³-hybridized carbons (Fsp3) is 0.167. The van der Waals surface area contributed by atoms with Crippen LogP contribution in [0, 0.1) is 0 Å². The summed E-state index contributed by atoms with van der Waals surface area (Å²) in [7, 11) is -2.22. The smallest absolute Gasteiger partial charge is 0.273 e. The van der Waals surface area contributed by atoms with Crippen molar-refractivity contribution in [3.05, 3.63) is 45.6 Å². The zero-order chi connectivity index (χ0) is 14.8. The van der Waals surface area contributed by atoms with Crippen LogP contribution in [0.3, 0.4) is 0 Å². The van der Waals surface area contributed by atoms with E-state index in [0.717, 1.165) is 10.2 Å². The van der Waals surface area contributed by atoms with Gasteiger partial charge in [0.25, 0.3) is 10.0 Å². The minimum atomic E-state index is -3.55. The highest BCUT2D eigenvalue weighted by Gasteiger charge is 2.16. The van der Waals surface area contributed by atoms with Crippen molar-refractivity contribution < 1.29 is 12.8 Å². The number of hydrogen-bond acceptors (Lipinski definition) is 4. The van der Waals surface area contributed by atoms with Crippen molar-refractivity contribution >= 4 is 43.2 Å². The average molecular weight is 380 g/mol. The van der Waals surface area contributed by atoms with Crippen LogP contribution >= 0.6 is 27.5 Å². The van der Waals surface area contributed by atoms with Gasteiger partial charge in [0.1, 0.15) is 5.76 Å². The summed E-state index contributed by atoms with van der Waals surface area (Å²) in [6.45, 7) is 0.329. The van der Waals surface area contributed by atoms with Crippen LogP contribution < -0.4 is 10.0 Å². The first-order valence-corrected chi connectivity index (χ1v) is 8.29. The van der Waals surface area contributed by atoms with Crippen LogP contribution in [0.1, 0.15) is 5.76 Å². The molecule has 0 saturated heterocycles. The van der Waals surface area contributed by atoms with E-state index in [2.05, 4.69) is 26.0 Å². The molecule has 0 saturated carbocycles. The Labute approximate surface area is 130 Å². The van der Waals surface area contributed by atoms with Gasteiger partial charge >= 0.3 is 0 Å². The lowest BCUT2D eigenvalue weighted by atomic mass is 10.3. The molecule has 2 rings (SSSR count). The molecule has 108 valence electrons. The Kier molecular flexibility index (Phi) is 4.74. The molecule has 1 aromatic carbocycles. The first kappa shape index (κ1) is 15.4. The second kappa shape index (κ2) is 6.17. The largest absolute Gasteiger partial charge is 0.446 e. The molecule has 0 aliphatic carbocycles. The van der Waals surface area contributed by atoms with E-state index in [4.69, 9.17) is 16.0 Å². The van der Waals surface area contributed by atoms with Crippen LogP contribution in [0.4, 0.5) is 5.69 Å². The molecule has 8 heteroatoms. The summed E-state index contributed by atoms with van der Waals surface area (Å²) in [6.07, 6.45) is 0. The van der Waals surface area contributed by atoms with Gasteiger partial charge in [0.05, 0.1) is 17.3 Å². The first-order chi connectivity index (χ1) is 9.42. The highest BCUT2D eigenvalue weighted by Crippen LogP contribution is 2.26. The summed E-state index contributed by atoms with van der Waals surface area (Å²) in [5.74, 6) is 0.495. The topological polar surface area (TPSA) is 71.3 Å². The molecule has 1 heterocycles. The lowest BCUT2D eigenvalue weighted by Gasteiger charge is -2.07. The van der Waals surface area contributed by atoms with Gasteiger partial charge in [-0.2, -0.15) is 0 Å². The zero-order valence-electron chi connectivity index (χ0n) is 10.5. The number of rotatable bonds is 5. The van der Waals surface area contributed by atoms with E-state index in [9.17, 15) is 8.42 Å². The Hall–Kier alpha value is -1.02. The Balaban J connectivity index is 2.10. The molecule has 0 spiro atoms. The van der Waals surface area contributed by atoms with Gasteiger partial charge in [-0.1, -0.05) is 27.5 Å². The second-order valence-electron chi connectivity index (χ2n) is 3.91. The van der Waals surface area contributed by atoms with Gasteiger partial charge in [0.2, 0.25) is 5.09 Å². The molecule has 0 unspecified atom stereocenters. The summed E-state index contributed by atoms with van der Waals surface area (Å²) < 4.78 is 31.4. The maximum Gasteiger partial charge on any atom is 0.273 e. The van der Waals surface area contributed by atoms with Crippen molar-refractivity contribution in [2.45, 2.75) is 11.6 Å². The monoisotopic (exact) mass is 378 g/mol. The number of halogens is 2. The van der Waals surface area contributed by atoms with Crippen LogP contribution in [-0.2, 0) is 16.6 Å². The van der Waals surface area contributed by atoms with Gasteiger partial charge in [-0.15, -0.1) is 0 Å². The summed E-state index contributed by atoms with van der Waals surface area (Å²) in [5.41, 5.74) is 0.732. The highest BCUT2D eigenvalue weighted by atomic mass is 79.9. The minimum absolute atomic E-state index is 0.114. The average Bonchev–Trinajstić information content (AvgIpc) is 2.89. The lowest BCUT2D eigenvalue weighted by molar-refractivity contribution is 0.417.